The first-order chi connectivity index (χ1) is 7.61. The van der Waals surface area contributed by atoms with Gasteiger partial charge in [-0.2, -0.15) is 0 Å². The molecular weight excluding hydrogens is 196 g/mol. The van der Waals surface area contributed by atoms with Crippen LogP contribution in [0, 0.1) is 5.92 Å². The molecule has 2 heteroatoms. The normalized spacial score (nSPS) is 11.4. The molecule has 2 nitrogen and oxygen atoms in total. The summed E-state index contributed by atoms with van der Waals surface area (Å²) < 4.78 is 0. The molecule has 0 unspecified atom stereocenters. The number of nitrogens with two attached hydrogens (primary N) is 1. The smallest absolute Gasteiger partial charge is 0.0452 e. The van der Waals surface area contributed by atoms with E-state index in [2.05, 4.69) is 43.0 Å². The van der Waals surface area contributed by atoms with Crippen LogP contribution in [0.25, 0.3) is 0 Å². The van der Waals surface area contributed by atoms with E-state index in [0.29, 0.717) is 6.67 Å². The lowest BCUT2D eigenvalue weighted by molar-refractivity contribution is 0.349. The Balaban J connectivity index is 2.45. The predicted octanol–water partition coefficient (Wildman–Crippen LogP) is 2.28. The van der Waals surface area contributed by atoms with Gasteiger partial charge in [-0.15, -0.1) is 0 Å². The average molecular weight is 220 g/mol. The van der Waals surface area contributed by atoms with Crippen molar-refractivity contribution in [1.29, 1.82) is 0 Å². The minimum atomic E-state index is 0.630. The zero-order chi connectivity index (χ0) is 12.0. The van der Waals surface area contributed by atoms with E-state index >= 15 is 0 Å². The summed E-state index contributed by atoms with van der Waals surface area (Å²) in [6, 6.07) is 8.97. The van der Waals surface area contributed by atoms with Crippen molar-refractivity contribution in [3.05, 3.63) is 35.4 Å². The number of benzene rings is 1. The Bertz CT molecular complexity index is 290. The molecule has 1 aromatic rings. The Morgan fingerprint density at radius 1 is 1.12 bits per heavy atom. The summed E-state index contributed by atoms with van der Waals surface area (Å²) in [6.45, 7) is 6.17. The highest BCUT2D eigenvalue weighted by atomic mass is 15.1. The van der Waals surface area contributed by atoms with Crippen molar-refractivity contribution in [1.82, 2.24) is 4.90 Å². The Hall–Kier alpha value is -0.860. The third kappa shape index (κ3) is 4.77. The lowest BCUT2D eigenvalue weighted by Gasteiger charge is -2.13. The topological polar surface area (TPSA) is 29.3 Å². The molecule has 0 fully saturated rings. The van der Waals surface area contributed by atoms with Gasteiger partial charge < -0.3 is 5.73 Å². The Kier molecular flexibility index (Phi) is 5.50. The Morgan fingerprint density at radius 3 is 2.19 bits per heavy atom. The second kappa shape index (κ2) is 6.66. The van der Waals surface area contributed by atoms with Gasteiger partial charge in [0.05, 0.1) is 0 Å². The van der Waals surface area contributed by atoms with Crippen LogP contribution in [0.3, 0.4) is 0 Å². The number of nitrogens with zero attached hydrogens (tertiary/aromatic N) is 1. The zero-order valence-electron chi connectivity index (χ0n) is 10.7. The first-order valence-corrected chi connectivity index (χ1v) is 6.08. The van der Waals surface area contributed by atoms with Gasteiger partial charge in [0.1, 0.15) is 0 Å². The van der Waals surface area contributed by atoms with Gasteiger partial charge in [-0.05, 0) is 36.9 Å². The summed E-state index contributed by atoms with van der Waals surface area (Å²) in [6.07, 6.45) is 2.25. The summed E-state index contributed by atoms with van der Waals surface area (Å²) in [7, 11) is 2.05. The van der Waals surface area contributed by atoms with Crippen LogP contribution in [0.1, 0.15) is 25.0 Å². The maximum absolute atomic E-state index is 5.54. The van der Waals surface area contributed by atoms with E-state index in [1.54, 1.807) is 0 Å². The highest BCUT2D eigenvalue weighted by Crippen LogP contribution is 2.10. The first kappa shape index (κ1) is 13.2. The molecule has 0 atom stereocenters. The maximum atomic E-state index is 5.54. The van der Waals surface area contributed by atoms with Gasteiger partial charge in [0.25, 0.3) is 0 Å². The van der Waals surface area contributed by atoms with Crippen LogP contribution < -0.4 is 5.73 Å². The van der Waals surface area contributed by atoms with Gasteiger partial charge in [-0.3, -0.25) is 4.90 Å². The van der Waals surface area contributed by atoms with E-state index in [1.165, 1.54) is 17.5 Å². The molecule has 0 aliphatic heterocycles. The third-order valence-electron chi connectivity index (χ3n) is 2.76. The summed E-state index contributed by atoms with van der Waals surface area (Å²) in [4.78, 5) is 2.13. The number of rotatable bonds is 6. The first-order valence-electron chi connectivity index (χ1n) is 6.08. The molecule has 0 aliphatic carbocycles. The van der Waals surface area contributed by atoms with Crippen LogP contribution in [-0.2, 0) is 12.8 Å². The van der Waals surface area contributed by atoms with Crippen molar-refractivity contribution in [2.75, 3.05) is 20.3 Å². The molecule has 0 amide bonds. The maximum Gasteiger partial charge on any atom is 0.0452 e. The highest BCUT2D eigenvalue weighted by molar-refractivity contribution is 5.23. The quantitative estimate of drug-likeness (QED) is 0.745. The third-order valence-corrected chi connectivity index (χ3v) is 2.76. The van der Waals surface area contributed by atoms with Gasteiger partial charge in [0.2, 0.25) is 0 Å². The van der Waals surface area contributed by atoms with Crippen LogP contribution in [0.2, 0.25) is 0 Å². The molecule has 90 valence electrons. The van der Waals surface area contributed by atoms with E-state index in [0.717, 1.165) is 18.9 Å². The van der Waals surface area contributed by atoms with Gasteiger partial charge in [0.15, 0.2) is 0 Å². The van der Waals surface area contributed by atoms with E-state index in [4.69, 9.17) is 5.73 Å². The van der Waals surface area contributed by atoms with E-state index in [-0.39, 0.29) is 0 Å². The fourth-order valence-electron chi connectivity index (χ4n) is 1.72. The Labute approximate surface area is 99.5 Å². The Morgan fingerprint density at radius 2 is 1.69 bits per heavy atom. The summed E-state index contributed by atoms with van der Waals surface area (Å²) in [5.41, 5.74) is 8.37. The lowest BCUT2D eigenvalue weighted by atomic mass is 10.0. The molecule has 0 saturated carbocycles. The molecule has 0 saturated heterocycles. The molecule has 1 rings (SSSR count). The van der Waals surface area contributed by atoms with Crippen molar-refractivity contribution in [3.63, 3.8) is 0 Å². The molecule has 0 spiro atoms. The minimum Gasteiger partial charge on any atom is -0.318 e. The molecule has 16 heavy (non-hydrogen) atoms. The van der Waals surface area contributed by atoms with Crippen LogP contribution >= 0.6 is 0 Å². The number of likely N-dealkylation sites (N-methyl/N-ethyl adjacent to an activating group) is 1. The molecule has 0 aromatic heterocycles. The fourth-order valence-corrected chi connectivity index (χ4v) is 1.72. The zero-order valence-corrected chi connectivity index (χ0v) is 10.7. The van der Waals surface area contributed by atoms with Crippen LogP contribution in [0.5, 0.6) is 0 Å². The van der Waals surface area contributed by atoms with E-state index in [9.17, 15) is 0 Å². The minimum absolute atomic E-state index is 0.630. The number of hydrogen-bond donors (Lipinski definition) is 1. The molecule has 0 heterocycles. The van der Waals surface area contributed by atoms with Crippen molar-refractivity contribution >= 4 is 0 Å². The fraction of sp³-hybridized carbons (Fsp3) is 0.571. The SMILES string of the molecule is CC(C)Cc1ccc(CCN(C)CN)cc1. The predicted molar refractivity (Wildman–Crippen MR) is 70.4 cm³/mol. The van der Waals surface area contributed by atoms with Crippen molar-refractivity contribution in [3.8, 4) is 0 Å². The molecule has 0 aliphatic rings. The molecule has 1 aromatic carbocycles. The van der Waals surface area contributed by atoms with Gasteiger partial charge >= 0.3 is 0 Å². The monoisotopic (exact) mass is 220 g/mol. The van der Waals surface area contributed by atoms with Crippen LogP contribution in [-0.4, -0.2) is 25.2 Å². The van der Waals surface area contributed by atoms with Gasteiger partial charge in [-0.25, -0.2) is 0 Å². The standard InChI is InChI=1S/C14H24N2/c1-12(2)10-14-6-4-13(5-7-14)8-9-16(3)11-15/h4-7,12H,8-11,15H2,1-3H3. The molecule has 0 bridgehead atoms. The van der Waals surface area contributed by atoms with Crippen LogP contribution in [0.4, 0.5) is 0 Å². The van der Waals surface area contributed by atoms with E-state index in [1.807, 2.05) is 7.05 Å². The van der Waals surface area contributed by atoms with Gasteiger partial charge in [-0.1, -0.05) is 38.1 Å². The average Bonchev–Trinajstić information content (AvgIpc) is 2.27. The van der Waals surface area contributed by atoms with Crippen molar-refractivity contribution < 1.29 is 0 Å². The van der Waals surface area contributed by atoms with Crippen molar-refractivity contribution in [2.45, 2.75) is 26.7 Å². The largest absolute Gasteiger partial charge is 0.318 e. The number of hydrogen-bond acceptors (Lipinski definition) is 2. The van der Waals surface area contributed by atoms with Crippen LogP contribution in [0.15, 0.2) is 24.3 Å². The summed E-state index contributed by atoms with van der Waals surface area (Å²) in [5.74, 6) is 0.731. The lowest BCUT2D eigenvalue weighted by Crippen LogP contribution is -2.27. The van der Waals surface area contributed by atoms with Gasteiger partial charge in [0, 0.05) is 13.2 Å². The summed E-state index contributed by atoms with van der Waals surface area (Å²) >= 11 is 0. The molecule has 2 N–H and O–H groups in total. The molecule has 0 radical (unpaired) electrons. The van der Waals surface area contributed by atoms with E-state index < -0.39 is 0 Å². The van der Waals surface area contributed by atoms with Crippen molar-refractivity contribution in [2.24, 2.45) is 11.7 Å². The molecular formula is C14H24N2. The second-order valence-corrected chi connectivity index (χ2v) is 4.93. The summed E-state index contributed by atoms with van der Waals surface area (Å²) in [5, 5.41) is 0. The highest BCUT2D eigenvalue weighted by Gasteiger charge is 1.99. The second-order valence-electron chi connectivity index (χ2n) is 4.93.